The maximum atomic E-state index is 13.9. The van der Waals surface area contributed by atoms with Gasteiger partial charge in [-0.3, -0.25) is 4.79 Å². The van der Waals surface area contributed by atoms with Gasteiger partial charge in [0, 0.05) is 12.7 Å². The van der Waals surface area contributed by atoms with Crippen molar-refractivity contribution >= 4 is 12.0 Å². The first-order valence-corrected chi connectivity index (χ1v) is 8.00. The fourth-order valence-corrected chi connectivity index (χ4v) is 2.46. The van der Waals surface area contributed by atoms with Crippen molar-refractivity contribution in [3.8, 4) is 5.88 Å². The van der Waals surface area contributed by atoms with Crippen LogP contribution in [-0.2, 0) is 11.0 Å². The Labute approximate surface area is 152 Å². The number of nitrogens with one attached hydrogen (secondary N) is 1. The van der Waals surface area contributed by atoms with Gasteiger partial charge in [0.1, 0.15) is 18.3 Å². The number of halogens is 4. The van der Waals surface area contributed by atoms with Crippen molar-refractivity contribution in [2.45, 2.75) is 32.2 Å². The number of carboxylic acid groups (broad SMARTS) is 1. The van der Waals surface area contributed by atoms with Crippen molar-refractivity contribution < 1.29 is 37.0 Å². The summed E-state index contributed by atoms with van der Waals surface area (Å²) in [6.45, 7) is 1.81. The molecular formula is C16H19F4N3O4. The molecule has 11 heteroatoms. The molecule has 1 aromatic heterocycles. The van der Waals surface area contributed by atoms with Crippen LogP contribution in [0.2, 0.25) is 0 Å². The molecule has 0 radical (unpaired) electrons. The van der Waals surface area contributed by atoms with Crippen LogP contribution in [0.4, 0.5) is 22.4 Å². The summed E-state index contributed by atoms with van der Waals surface area (Å²) in [4.78, 5) is 27.6. The lowest BCUT2D eigenvalue weighted by Gasteiger charge is -2.26. The first-order chi connectivity index (χ1) is 12.4. The number of rotatable bonds is 5. The molecule has 0 spiro atoms. The highest BCUT2D eigenvalue weighted by molar-refractivity contribution is 5.82. The van der Waals surface area contributed by atoms with E-state index in [1.54, 1.807) is 0 Å². The number of aromatic nitrogens is 1. The fourth-order valence-electron chi connectivity index (χ4n) is 2.46. The Morgan fingerprint density at radius 3 is 2.59 bits per heavy atom. The van der Waals surface area contributed by atoms with Crippen molar-refractivity contribution in [3.05, 3.63) is 23.9 Å². The molecule has 2 amide bonds. The Hall–Kier alpha value is -2.59. The lowest BCUT2D eigenvalue weighted by atomic mass is 9.93. The molecule has 1 fully saturated rings. The minimum atomic E-state index is -4.67. The largest absolute Gasteiger partial charge is 0.476 e. The quantitative estimate of drug-likeness (QED) is 0.750. The predicted octanol–water partition coefficient (Wildman–Crippen LogP) is 2.32. The van der Waals surface area contributed by atoms with E-state index in [-0.39, 0.29) is 13.1 Å². The van der Waals surface area contributed by atoms with Gasteiger partial charge in [-0.15, -0.1) is 0 Å². The molecule has 2 rings (SSSR count). The maximum Gasteiger partial charge on any atom is 0.421 e. The predicted molar refractivity (Wildman–Crippen MR) is 84.9 cm³/mol. The van der Waals surface area contributed by atoms with Crippen LogP contribution in [-0.4, -0.2) is 58.9 Å². The first kappa shape index (κ1) is 20.7. The van der Waals surface area contributed by atoms with Crippen molar-refractivity contribution in [2.24, 2.45) is 5.41 Å². The van der Waals surface area contributed by atoms with Crippen LogP contribution in [0.15, 0.2) is 18.3 Å². The van der Waals surface area contributed by atoms with E-state index >= 15 is 0 Å². The molecule has 27 heavy (non-hydrogen) atoms. The molecule has 0 aliphatic carbocycles. The highest BCUT2D eigenvalue weighted by atomic mass is 19.4. The maximum absolute atomic E-state index is 13.9. The van der Waals surface area contributed by atoms with Crippen LogP contribution < -0.4 is 10.1 Å². The number of likely N-dealkylation sites (tertiary alicyclic amines) is 1. The van der Waals surface area contributed by atoms with Gasteiger partial charge in [-0.05, 0) is 26.0 Å². The lowest BCUT2D eigenvalue weighted by Crippen LogP contribution is -2.49. The van der Waals surface area contributed by atoms with E-state index in [0.717, 1.165) is 23.2 Å². The molecule has 0 unspecified atom stereocenters. The average Bonchev–Trinajstić information content (AvgIpc) is 2.93. The molecule has 0 bridgehead atoms. The first-order valence-electron chi connectivity index (χ1n) is 8.00. The Balaban J connectivity index is 2.01. The van der Waals surface area contributed by atoms with Crippen molar-refractivity contribution in [1.29, 1.82) is 0 Å². The van der Waals surface area contributed by atoms with Crippen LogP contribution in [0.25, 0.3) is 0 Å². The van der Waals surface area contributed by atoms with E-state index in [9.17, 15) is 27.2 Å². The molecular weight excluding hydrogens is 374 g/mol. The smallest absolute Gasteiger partial charge is 0.421 e. The highest BCUT2D eigenvalue weighted by Gasteiger charge is 2.40. The Morgan fingerprint density at radius 2 is 2.04 bits per heavy atom. The second kappa shape index (κ2) is 7.57. The van der Waals surface area contributed by atoms with Gasteiger partial charge in [0.25, 0.3) is 0 Å². The third-order valence-corrected chi connectivity index (χ3v) is 4.10. The number of pyridine rings is 1. The van der Waals surface area contributed by atoms with Gasteiger partial charge < -0.3 is 20.1 Å². The third-order valence-electron chi connectivity index (χ3n) is 4.10. The second-order valence-electron chi connectivity index (χ2n) is 6.81. The molecule has 1 aliphatic rings. The SMILES string of the molecule is CC(C)(COc1ncccc1C(F)(F)F)C(=O)N[C@@H]1CN(C(=O)O)C[C@H]1F. The number of amides is 2. The number of alkyl halides is 4. The van der Waals surface area contributed by atoms with E-state index in [1.165, 1.54) is 13.8 Å². The number of carbonyl (C=O) groups excluding carboxylic acids is 1. The highest BCUT2D eigenvalue weighted by Crippen LogP contribution is 2.35. The van der Waals surface area contributed by atoms with Gasteiger partial charge in [-0.2, -0.15) is 13.2 Å². The zero-order chi connectivity index (χ0) is 20.4. The summed E-state index contributed by atoms with van der Waals surface area (Å²) in [5.41, 5.74) is -2.38. The summed E-state index contributed by atoms with van der Waals surface area (Å²) >= 11 is 0. The van der Waals surface area contributed by atoms with Crippen LogP contribution in [0.3, 0.4) is 0 Å². The molecule has 150 valence electrons. The summed E-state index contributed by atoms with van der Waals surface area (Å²) in [5.74, 6) is -1.33. The van der Waals surface area contributed by atoms with Crippen LogP contribution in [0, 0.1) is 5.41 Å². The van der Waals surface area contributed by atoms with Gasteiger partial charge in [0.15, 0.2) is 0 Å². The van der Waals surface area contributed by atoms with Crippen molar-refractivity contribution in [3.63, 3.8) is 0 Å². The number of ether oxygens (including phenoxy) is 1. The number of hydrogen-bond donors (Lipinski definition) is 2. The Morgan fingerprint density at radius 1 is 1.37 bits per heavy atom. The summed E-state index contributed by atoms with van der Waals surface area (Å²) in [6, 6.07) is 0.888. The minimum absolute atomic E-state index is 0.211. The Kier molecular flexibility index (Phi) is 5.81. The average molecular weight is 393 g/mol. The standard InChI is InChI=1S/C16H19F4N3O4/c1-15(2,8-27-12-9(16(18,19)20)4-3-5-21-12)13(24)22-11-7-23(14(25)26)6-10(11)17/h3-5,10-11H,6-8H2,1-2H3,(H,22,24)(H,25,26)/t10-,11-/m1/s1. The molecule has 0 aromatic carbocycles. The van der Waals surface area contributed by atoms with Crippen LogP contribution in [0.5, 0.6) is 5.88 Å². The molecule has 1 aromatic rings. The topological polar surface area (TPSA) is 91.8 Å². The molecule has 2 N–H and O–H groups in total. The summed E-state index contributed by atoms with van der Waals surface area (Å²) in [5, 5.41) is 11.3. The van der Waals surface area contributed by atoms with E-state index in [1.807, 2.05) is 0 Å². The normalized spacial score (nSPS) is 20.4. The second-order valence-corrected chi connectivity index (χ2v) is 6.81. The van der Waals surface area contributed by atoms with Gasteiger partial charge in [-0.1, -0.05) is 0 Å². The summed E-state index contributed by atoms with van der Waals surface area (Å²) < 4.78 is 57.9. The van der Waals surface area contributed by atoms with Gasteiger partial charge in [-0.25, -0.2) is 14.2 Å². The van der Waals surface area contributed by atoms with Crippen molar-refractivity contribution in [1.82, 2.24) is 15.2 Å². The monoisotopic (exact) mass is 393 g/mol. The minimum Gasteiger partial charge on any atom is -0.476 e. The van der Waals surface area contributed by atoms with Crippen LogP contribution in [0.1, 0.15) is 19.4 Å². The van der Waals surface area contributed by atoms with E-state index in [2.05, 4.69) is 10.3 Å². The molecule has 7 nitrogen and oxygen atoms in total. The van der Waals surface area contributed by atoms with Gasteiger partial charge in [0.05, 0.1) is 18.0 Å². The zero-order valence-corrected chi connectivity index (χ0v) is 14.6. The van der Waals surface area contributed by atoms with Crippen molar-refractivity contribution in [2.75, 3.05) is 19.7 Å². The third kappa shape index (κ3) is 4.98. The van der Waals surface area contributed by atoms with E-state index in [4.69, 9.17) is 9.84 Å². The Bertz CT molecular complexity index is 711. The molecule has 1 saturated heterocycles. The fraction of sp³-hybridized carbons (Fsp3) is 0.562. The van der Waals surface area contributed by atoms with Gasteiger partial charge >= 0.3 is 12.3 Å². The molecule has 2 heterocycles. The summed E-state index contributed by atoms with van der Waals surface area (Å²) in [7, 11) is 0. The number of hydrogen-bond acceptors (Lipinski definition) is 4. The van der Waals surface area contributed by atoms with E-state index < -0.39 is 53.9 Å². The zero-order valence-electron chi connectivity index (χ0n) is 14.6. The summed E-state index contributed by atoms with van der Waals surface area (Å²) in [6.07, 6.45) is -6.41. The number of nitrogens with zero attached hydrogens (tertiary/aromatic N) is 2. The molecule has 0 saturated carbocycles. The number of carbonyl (C=O) groups is 2. The van der Waals surface area contributed by atoms with Crippen LogP contribution >= 0.6 is 0 Å². The van der Waals surface area contributed by atoms with Gasteiger partial charge in [0.2, 0.25) is 11.8 Å². The van der Waals surface area contributed by atoms with E-state index in [0.29, 0.717) is 0 Å². The molecule has 1 aliphatic heterocycles. The molecule has 2 atom stereocenters. The lowest BCUT2D eigenvalue weighted by molar-refractivity contribution is -0.139.